The maximum absolute atomic E-state index is 9.41. The highest BCUT2D eigenvalue weighted by atomic mass is 16.5. The van der Waals surface area contributed by atoms with E-state index in [0.29, 0.717) is 0 Å². The molecule has 1 fully saturated rings. The first-order chi connectivity index (χ1) is 5.40. The van der Waals surface area contributed by atoms with Gasteiger partial charge in [-0.2, -0.15) is 0 Å². The molecule has 0 aromatic rings. The molecular formula is C9H17O3. The molecule has 1 aliphatic heterocycles. The minimum Gasteiger partial charge on any atom is -0.388 e. The summed E-state index contributed by atoms with van der Waals surface area (Å²) in [4.78, 5) is 0. The Balaban J connectivity index is 2.44. The minimum atomic E-state index is -0.822. The van der Waals surface area contributed by atoms with Gasteiger partial charge in [-0.1, -0.05) is 20.8 Å². The Labute approximate surface area is 73.4 Å². The van der Waals surface area contributed by atoms with Crippen LogP contribution in [0.5, 0.6) is 0 Å². The summed E-state index contributed by atoms with van der Waals surface area (Å²) in [5.41, 5.74) is 0.115. The van der Waals surface area contributed by atoms with Crippen molar-refractivity contribution < 1.29 is 14.9 Å². The molecular weight excluding hydrogens is 156 g/mol. The quantitative estimate of drug-likeness (QED) is 0.614. The topological polar surface area (TPSA) is 49.7 Å². The van der Waals surface area contributed by atoms with E-state index in [4.69, 9.17) is 9.84 Å². The zero-order chi connectivity index (χ0) is 9.35. The van der Waals surface area contributed by atoms with Gasteiger partial charge in [-0.15, -0.1) is 0 Å². The van der Waals surface area contributed by atoms with Gasteiger partial charge in [0, 0.05) is 0 Å². The van der Waals surface area contributed by atoms with Gasteiger partial charge in [-0.3, -0.25) is 0 Å². The minimum absolute atomic E-state index is 0.115. The van der Waals surface area contributed by atoms with Crippen molar-refractivity contribution in [1.29, 1.82) is 0 Å². The van der Waals surface area contributed by atoms with Crippen LogP contribution in [0.3, 0.4) is 0 Å². The van der Waals surface area contributed by atoms with E-state index in [1.807, 2.05) is 0 Å². The summed E-state index contributed by atoms with van der Waals surface area (Å²) in [6.45, 7) is 7.54. The summed E-state index contributed by atoms with van der Waals surface area (Å²) < 4.78 is 5.13. The molecule has 0 unspecified atom stereocenters. The third-order valence-electron chi connectivity index (χ3n) is 1.94. The van der Waals surface area contributed by atoms with Crippen LogP contribution in [0.25, 0.3) is 0 Å². The van der Waals surface area contributed by atoms with Gasteiger partial charge in [0.15, 0.2) is 0 Å². The number of aliphatic hydroxyl groups excluding tert-OH is 2. The van der Waals surface area contributed by atoms with Crippen molar-refractivity contribution in [2.75, 3.05) is 0 Å². The SMILES string of the molecule is CC(C)(C)C[C@H]1O[CH][C@H](O)[C@@H]1O. The molecule has 0 amide bonds. The molecule has 1 radical (unpaired) electrons. The lowest BCUT2D eigenvalue weighted by molar-refractivity contribution is 0.00571. The second kappa shape index (κ2) is 3.32. The van der Waals surface area contributed by atoms with E-state index in [0.717, 1.165) is 6.42 Å². The van der Waals surface area contributed by atoms with Crippen LogP contribution in [0, 0.1) is 12.0 Å². The first-order valence-electron chi connectivity index (χ1n) is 4.25. The molecule has 1 saturated heterocycles. The Hall–Kier alpha value is -0.120. The van der Waals surface area contributed by atoms with Gasteiger partial charge >= 0.3 is 0 Å². The van der Waals surface area contributed by atoms with E-state index >= 15 is 0 Å². The van der Waals surface area contributed by atoms with Crippen LogP contribution in [0.1, 0.15) is 27.2 Å². The summed E-state index contributed by atoms with van der Waals surface area (Å²) in [7, 11) is 0. The fraction of sp³-hybridized carbons (Fsp3) is 0.889. The molecule has 2 N–H and O–H groups in total. The van der Waals surface area contributed by atoms with Gasteiger partial charge in [-0.25, -0.2) is 0 Å². The zero-order valence-electron chi connectivity index (χ0n) is 7.82. The Morgan fingerprint density at radius 2 is 1.92 bits per heavy atom. The third-order valence-corrected chi connectivity index (χ3v) is 1.94. The van der Waals surface area contributed by atoms with E-state index in [9.17, 15) is 5.11 Å². The molecule has 0 spiro atoms. The van der Waals surface area contributed by atoms with Gasteiger partial charge in [-0.05, 0) is 11.8 Å². The molecule has 3 atom stereocenters. The second-order valence-electron chi connectivity index (χ2n) is 4.56. The molecule has 0 aliphatic carbocycles. The van der Waals surface area contributed by atoms with Crippen molar-refractivity contribution in [1.82, 2.24) is 0 Å². The normalized spacial score (nSPS) is 37.2. The van der Waals surface area contributed by atoms with Crippen LogP contribution in [-0.4, -0.2) is 28.5 Å². The Bertz CT molecular complexity index is 150. The maximum atomic E-state index is 9.41. The van der Waals surface area contributed by atoms with Gasteiger partial charge in [0.05, 0.1) is 6.10 Å². The highest BCUT2D eigenvalue weighted by molar-refractivity contribution is 4.91. The molecule has 0 saturated carbocycles. The molecule has 12 heavy (non-hydrogen) atoms. The molecule has 71 valence electrons. The van der Waals surface area contributed by atoms with Crippen LogP contribution in [0.2, 0.25) is 0 Å². The van der Waals surface area contributed by atoms with Gasteiger partial charge in [0.1, 0.15) is 18.8 Å². The second-order valence-corrected chi connectivity index (χ2v) is 4.56. The summed E-state index contributed by atoms with van der Waals surface area (Å²) in [5.74, 6) is 0. The maximum Gasteiger partial charge on any atom is 0.115 e. The lowest BCUT2D eigenvalue weighted by Gasteiger charge is -2.24. The molecule has 0 aromatic heterocycles. The predicted molar refractivity (Wildman–Crippen MR) is 45.3 cm³/mol. The van der Waals surface area contributed by atoms with E-state index in [2.05, 4.69) is 20.8 Å². The smallest absolute Gasteiger partial charge is 0.115 e. The monoisotopic (exact) mass is 173 g/mol. The Kier molecular flexibility index (Phi) is 2.76. The van der Waals surface area contributed by atoms with E-state index < -0.39 is 12.2 Å². The van der Waals surface area contributed by atoms with Crippen molar-refractivity contribution in [2.45, 2.75) is 45.5 Å². The Morgan fingerprint density at radius 1 is 1.33 bits per heavy atom. The van der Waals surface area contributed by atoms with Crippen LogP contribution < -0.4 is 0 Å². The number of aliphatic hydroxyl groups is 2. The van der Waals surface area contributed by atoms with Crippen LogP contribution >= 0.6 is 0 Å². The van der Waals surface area contributed by atoms with Crippen molar-refractivity contribution in [3.05, 3.63) is 6.61 Å². The van der Waals surface area contributed by atoms with E-state index in [1.54, 1.807) is 0 Å². The van der Waals surface area contributed by atoms with E-state index in [-0.39, 0.29) is 11.5 Å². The number of hydrogen-bond donors (Lipinski definition) is 2. The van der Waals surface area contributed by atoms with Crippen LogP contribution in [-0.2, 0) is 4.74 Å². The molecule has 3 nitrogen and oxygen atoms in total. The van der Waals surface area contributed by atoms with Crippen molar-refractivity contribution >= 4 is 0 Å². The van der Waals surface area contributed by atoms with E-state index in [1.165, 1.54) is 6.61 Å². The molecule has 1 rings (SSSR count). The average Bonchev–Trinajstić information content (AvgIpc) is 2.16. The fourth-order valence-electron chi connectivity index (χ4n) is 1.33. The number of rotatable bonds is 1. The molecule has 1 heterocycles. The van der Waals surface area contributed by atoms with Gasteiger partial charge in [0.25, 0.3) is 0 Å². The van der Waals surface area contributed by atoms with Crippen molar-refractivity contribution in [3.8, 4) is 0 Å². The summed E-state index contributed by atoms with van der Waals surface area (Å²) in [5, 5.41) is 18.5. The lowest BCUT2D eigenvalue weighted by Crippen LogP contribution is -2.32. The standard InChI is InChI=1S/C9H17O3/c1-9(2,3)4-7-8(11)6(10)5-12-7/h5-8,10-11H,4H2,1-3H3/t6-,7+,8-/m0/s1. The van der Waals surface area contributed by atoms with Gasteiger partial charge in [0.2, 0.25) is 0 Å². The van der Waals surface area contributed by atoms with Crippen LogP contribution in [0.15, 0.2) is 0 Å². The lowest BCUT2D eigenvalue weighted by atomic mass is 9.87. The third kappa shape index (κ3) is 2.44. The Morgan fingerprint density at radius 3 is 2.25 bits per heavy atom. The molecule has 0 aromatic carbocycles. The van der Waals surface area contributed by atoms with Crippen LogP contribution in [0.4, 0.5) is 0 Å². The summed E-state index contributed by atoms with van der Waals surface area (Å²) in [6, 6.07) is 0. The first kappa shape index (κ1) is 9.96. The summed E-state index contributed by atoms with van der Waals surface area (Å²) >= 11 is 0. The molecule has 0 bridgehead atoms. The zero-order valence-corrected chi connectivity index (χ0v) is 7.82. The van der Waals surface area contributed by atoms with Crippen molar-refractivity contribution in [3.63, 3.8) is 0 Å². The average molecular weight is 173 g/mol. The predicted octanol–water partition coefficient (Wildman–Crippen LogP) is 0.705. The summed E-state index contributed by atoms with van der Waals surface area (Å²) in [6.07, 6.45) is -1.08. The molecule has 1 aliphatic rings. The first-order valence-corrected chi connectivity index (χ1v) is 4.25. The van der Waals surface area contributed by atoms with Crippen molar-refractivity contribution in [2.24, 2.45) is 5.41 Å². The number of hydrogen-bond acceptors (Lipinski definition) is 3. The fourth-order valence-corrected chi connectivity index (χ4v) is 1.33. The largest absolute Gasteiger partial charge is 0.388 e. The van der Waals surface area contributed by atoms with Gasteiger partial charge < -0.3 is 14.9 Å². The number of ether oxygens (including phenoxy) is 1. The molecule has 3 heteroatoms. The highest BCUT2D eigenvalue weighted by Crippen LogP contribution is 2.29. The highest BCUT2D eigenvalue weighted by Gasteiger charge is 2.37.